The standard InChI is InChI=1S/C21H18O3/c1-4-12-8-16-14(11-22)10-18(24-3)21-17(23-2)9-13-6-5-7-15(12)19(13)20(16)21/h5-9H,4,10H2,1-3H3. The molecule has 24 heavy (non-hydrogen) atoms. The predicted molar refractivity (Wildman–Crippen MR) is 96.7 cm³/mol. The number of carbonyl (C=O) groups excluding carboxylic acids is 1. The van der Waals surface area contributed by atoms with Crippen LogP contribution in [0.4, 0.5) is 0 Å². The molecule has 0 saturated heterocycles. The molecule has 3 aromatic rings. The minimum atomic E-state index is 0.444. The Morgan fingerprint density at radius 2 is 1.96 bits per heavy atom. The first kappa shape index (κ1) is 14.8. The van der Waals surface area contributed by atoms with E-state index in [1.54, 1.807) is 14.2 Å². The van der Waals surface area contributed by atoms with Crippen molar-refractivity contribution in [1.29, 1.82) is 0 Å². The average Bonchev–Trinajstić information content (AvgIpc) is 2.64. The smallest absolute Gasteiger partial charge is 0.130 e. The number of aryl methyl sites for hydroxylation is 1. The molecular weight excluding hydrogens is 300 g/mol. The summed E-state index contributed by atoms with van der Waals surface area (Å²) in [6, 6.07) is 10.5. The van der Waals surface area contributed by atoms with Crippen molar-refractivity contribution in [1.82, 2.24) is 0 Å². The number of hydrogen-bond acceptors (Lipinski definition) is 3. The van der Waals surface area contributed by atoms with E-state index < -0.39 is 0 Å². The number of hydrogen-bond donors (Lipinski definition) is 0. The molecule has 3 aromatic carbocycles. The maximum Gasteiger partial charge on any atom is 0.130 e. The highest BCUT2D eigenvalue weighted by Gasteiger charge is 2.24. The van der Waals surface area contributed by atoms with Crippen molar-refractivity contribution in [3.63, 3.8) is 0 Å². The summed E-state index contributed by atoms with van der Waals surface area (Å²) >= 11 is 0. The van der Waals surface area contributed by atoms with E-state index in [0.29, 0.717) is 12.0 Å². The lowest BCUT2D eigenvalue weighted by atomic mass is 9.84. The van der Waals surface area contributed by atoms with Crippen LogP contribution in [0.3, 0.4) is 0 Å². The molecular formula is C21H18O3. The van der Waals surface area contributed by atoms with Crippen molar-refractivity contribution in [3.8, 4) is 5.75 Å². The Morgan fingerprint density at radius 3 is 2.62 bits per heavy atom. The summed E-state index contributed by atoms with van der Waals surface area (Å²) < 4.78 is 11.3. The van der Waals surface area contributed by atoms with Crippen LogP contribution < -0.4 is 9.96 Å². The van der Waals surface area contributed by atoms with Crippen LogP contribution in [0, 0.1) is 0 Å². The molecule has 0 fully saturated rings. The van der Waals surface area contributed by atoms with Gasteiger partial charge < -0.3 is 9.47 Å². The molecule has 0 unspecified atom stereocenters. The van der Waals surface area contributed by atoms with E-state index in [0.717, 1.165) is 39.5 Å². The molecule has 120 valence electrons. The van der Waals surface area contributed by atoms with Gasteiger partial charge in [-0.05, 0) is 45.8 Å². The Kier molecular flexibility index (Phi) is 3.33. The second-order valence-electron chi connectivity index (χ2n) is 6.05. The monoisotopic (exact) mass is 318 g/mol. The SMILES string of the molecule is CCc1cc2c3c(c(OC)cc4cccc1c43)=C(OC)CC2=C=O. The number of methoxy groups -OCH3 is 2. The maximum absolute atomic E-state index is 11.6. The van der Waals surface area contributed by atoms with Crippen molar-refractivity contribution in [2.75, 3.05) is 14.2 Å². The van der Waals surface area contributed by atoms with Gasteiger partial charge in [-0.25, -0.2) is 4.79 Å². The Hall–Kier alpha value is -2.77. The van der Waals surface area contributed by atoms with Crippen LogP contribution in [0.5, 0.6) is 5.75 Å². The summed E-state index contributed by atoms with van der Waals surface area (Å²) in [7, 11) is 3.31. The maximum atomic E-state index is 11.6. The van der Waals surface area contributed by atoms with Gasteiger partial charge in [0.1, 0.15) is 17.5 Å². The molecule has 0 heterocycles. The van der Waals surface area contributed by atoms with Crippen LogP contribution >= 0.6 is 0 Å². The molecule has 0 amide bonds. The molecule has 0 spiro atoms. The molecule has 0 aromatic heterocycles. The summed E-state index contributed by atoms with van der Waals surface area (Å²) in [5.74, 6) is 3.67. The third-order valence-electron chi connectivity index (χ3n) is 4.98. The van der Waals surface area contributed by atoms with E-state index in [1.165, 1.54) is 16.3 Å². The van der Waals surface area contributed by atoms with E-state index in [1.807, 2.05) is 0 Å². The first-order valence-corrected chi connectivity index (χ1v) is 8.10. The van der Waals surface area contributed by atoms with Gasteiger partial charge in [0.2, 0.25) is 0 Å². The molecule has 0 radical (unpaired) electrons. The van der Waals surface area contributed by atoms with Gasteiger partial charge in [-0.2, -0.15) is 0 Å². The zero-order valence-corrected chi connectivity index (χ0v) is 14.0. The van der Waals surface area contributed by atoms with Crippen LogP contribution in [0.1, 0.15) is 24.5 Å². The number of rotatable bonds is 3. The summed E-state index contributed by atoms with van der Waals surface area (Å²) in [4.78, 5) is 11.6. The van der Waals surface area contributed by atoms with Crippen molar-refractivity contribution in [2.45, 2.75) is 19.8 Å². The Labute approximate surface area is 140 Å². The van der Waals surface area contributed by atoms with E-state index in [4.69, 9.17) is 9.47 Å². The van der Waals surface area contributed by atoms with Crippen LogP contribution in [-0.2, 0) is 16.0 Å². The summed E-state index contributed by atoms with van der Waals surface area (Å²) in [6.07, 6.45) is 1.36. The summed E-state index contributed by atoms with van der Waals surface area (Å²) in [6.45, 7) is 2.14. The normalized spacial score (nSPS) is 13.5. The first-order valence-electron chi connectivity index (χ1n) is 8.10. The second-order valence-corrected chi connectivity index (χ2v) is 6.05. The summed E-state index contributed by atoms with van der Waals surface area (Å²) in [5, 5.41) is 5.51. The van der Waals surface area contributed by atoms with Crippen molar-refractivity contribution < 1.29 is 14.3 Å². The van der Waals surface area contributed by atoms with Gasteiger partial charge in [0.25, 0.3) is 0 Å². The zero-order chi connectivity index (χ0) is 16.8. The van der Waals surface area contributed by atoms with Gasteiger partial charge in [-0.1, -0.05) is 25.1 Å². The highest BCUT2D eigenvalue weighted by molar-refractivity contribution is 6.18. The largest absolute Gasteiger partial charge is 0.500 e. The van der Waals surface area contributed by atoms with E-state index >= 15 is 0 Å². The lowest BCUT2D eigenvalue weighted by Gasteiger charge is -2.22. The van der Waals surface area contributed by atoms with Gasteiger partial charge in [0, 0.05) is 11.8 Å². The van der Waals surface area contributed by atoms with Gasteiger partial charge in [-0.15, -0.1) is 0 Å². The Morgan fingerprint density at radius 1 is 1.12 bits per heavy atom. The minimum Gasteiger partial charge on any atom is -0.500 e. The van der Waals surface area contributed by atoms with E-state index in [-0.39, 0.29) is 0 Å². The molecule has 3 heteroatoms. The van der Waals surface area contributed by atoms with Gasteiger partial charge in [0.15, 0.2) is 0 Å². The minimum absolute atomic E-state index is 0.444. The average molecular weight is 318 g/mol. The highest BCUT2D eigenvalue weighted by Crippen LogP contribution is 2.39. The van der Waals surface area contributed by atoms with Gasteiger partial charge >= 0.3 is 0 Å². The third kappa shape index (κ3) is 1.82. The van der Waals surface area contributed by atoms with Crippen molar-refractivity contribution in [2.24, 2.45) is 0 Å². The highest BCUT2D eigenvalue weighted by atomic mass is 16.5. The lowest BCUT2D eigenvalue weighted by molar-refractivity contribution is 0.350. The molecule has 0 atom stereocenters. The Balaban J connectivity index is 2.40. The topological polar surface area (TPSA) is 35.5 Å². The number of benzene rings is 3. The van der Waals surface area contributed by atoms with Crippen LogP contribution in [0.15, 0.2) is 30.3 Å². The first-order chi connectivity index (χ1) is 11.7. The fraction of sp³-hybridized carbons (Fsp3) is 0.238. The fourth-order valence-electron chi connectivity index (χ4n) is 3.87. The van der Waals surface area contributed by atoms with Gasteiger partial charge in [0.05, 0.1) is 25.0 Å². The molecule has 3 nitrogen and oxygen atoms in total. The predicted octanol–water partition coefficient (Wildman–Crippen LogP) is 3.66. The summed E-state index contributed by atoms with van der Waals surface area (Å²) in [5.41, 5.74) is 2.85. The molecule has 0 saturated carbocycles. The zero-order valence-electron chi connectivity index (χ0n) is 14.0. The molecule has 0 bridgehead atoms. The quantitative estimate of drug-likeness (QED) is 0.691. The lowest BCUT2D eigenvalue weighted by Crippen LogP contribution is -2.19. The van der Waals surface area contributed by atoms with E-state index in [2.05, 4.69) is 43.2 Å². The van der Waals surface area contributed by atoms with Crippen LogP contribution in [-0.4, -0.2) is 20.2 Å². The third-order valence-corrected chi connectivity index (χ3v) is 4.98. The molecule has 1 aliphatic carbocycles. The second kappa shape index (κ2) is 5.40. The molecule has 1 aliphatic rings. The molecule has 0 aliphatic heterocycles. The van der Waals surface area contributed by atoms with Crippen molar-refractivity contribution in [3.05, 3.63) is 46.7 Å². The Bertz CT molecular complexity index is 1090. The van der Waals surface area contributed by atoms with Crippen LogP contribution in [0.25, 0.3) is 32.9 Å². The van der Waals surface area contributed by atoms with Crippen molar-refractivity contribution >= 4 is 38.8 Å². The van der Waals surface area contributed by atoms with Gasteiger partial charge in [-0.3, -0.25) is 0 Å². The fourth-order valence-corrected chi connectivity index (χ4v) is 3.87. The molecule has 0 N–H and O–H groups in total. The van der Waals surface area contributed by atoms with Crippen LogP contribution in [0.2, 0.25) is 0 Å². The van der Waals surface area contributed by atoms with E-state index in [9.17, 15) is 4.79 Å². The molecule has 4 rings (SSSR count). The number of ether oxygens (including phenoxy) is 2.